The second-order valence-electron chi connectivity index (χ2n) is 5.96. The van der Waals surface area contributed by atoms with Crippen molar-refractivity contribution in [3.63, 3.8) is 0 Å². The molecule has 0 radical (unpaired) electrons. The van der Waals surface area contributed by atoms with Crippen molar-refractivity contribution in [2.24, 2.45) is 11.7 Å². The molecule has 0 atom stereocenters. The first kappa shape index (κ1) is 15.4. The van der Waals surface area contributed by atoms with Crippen LogP contribution in [0.4, 0.5) is 0 Å². The molecular weight excluding hydrogens is 266 g/mol. The molecule has 2 rings (SSSR count). The fourth-order valence-electron chi connectivity index (χ4n) is 2.94. The van der Waals surface area contributed by atoms with Crippen LogP contribution in [0.1, 0.15) is 24.0 Å². The van der Waals surface area contributed by atoms with E-state index in [9.17, 15) is 0 Å². The summed E-state index contributed by atoms with van der Waals surface area (Å²) in [5, 5.41) is 0. The molecule has 1 saturated heterocycles. The van der Waals surface area contributed by atoms with Gasteiger partial charge in [-0.3, -0.25) is 0 Å². The highest BCUT2D eigenvalue weighted by molar-refractivity contribution is 7.80. The van der Waals surface area contributed by atoms with Crippen molar-refractivity contribution < 1.29 is 0 Å². The summed E-state index contributed by atoms with van der Waals surface area (Å²) < 4.78 is 0. The molecular formula is C16H25N3S. The van der Waals surface area contributed by atoms with Gasteiger partial charge in [-0.05, 0) is 51.5 Å². The maximum Gasteiger partial charge on any atom is 0.104 e. The highest BCUT2D eigenvalue weighted by Gasteiger charge is 2.18. The van der Waals surface area contributed by atoms with Crippen LogP contribution in [-0.4, -0.2) is 48.5 Å². The van der Waals surface area contributed by atoms with E-state index < -0.39 is 0 Å². The summed E-state index contributed by atoms with van der Waals surface area (Å²) >= 11 is 5.13. The van der Waals surface area contributed by atoms with Crippen LogP contribution in [0.15, 0.2) is 24.3 Å². The maximum atomic E-state index is 5.80. The highest BCUT2D eigenvalue weighted by Crippen LogP contribution is 2.18. The van der Waals surface area contributed by atoms with Crippen LogP contribution in [0.5, 0.6) is 0 Å². The second kappa shape index (κ2) is 7.16. The van der Waals surface area contributed by atoms with Gasteiger partial charge in [-0.25, -0.2) is 0 Å². The molecule has 0 aliphatic carbocycles. The summed E-state index contributed by atoms with van der Waals surface area (Å²) in [6.07, 6.45) is 2.61. The van der Waals surface area contributed by atoms with Crippen molar-refractivity contribution in [1.29, 1.82) is 0 Å². The number of hydrogen-bond acceptors (Lipinski definition) is 3. The average Bonchev–Trinajstić information content (AvgIpc) is 2.41. The van der Waals surface area contributed by atoms with Crippen LogP contribution in [0, 0.1) is 5.92 Å². The van der Waals surface area contributed by atoms with Gasteiger partial charge in [0.2, 0.25) is 0 Å². The third-order valence-corrected chi connectivity index (χ3v) is 4.35. The standard InChI is InChI=1S/C16H25N3S/c1-18-9-7-13(8-10-18)11-19(2)12-14-5-3-4-6-15(14)16(17)20/h3-6,13H,7-12H2,1-2H3,(H2,17,20). The highest BCUT2D eigenvalue weighted by atomic mass is 32.1. The van der Waals surface area contributed by atoms with Gasteiger partial charge in [0.15, 0.2) is 0 Å². The molecule has 0 amide bonds. The Hall–Kier alpha value is -0.970. The zero-order chi connectivity index (χ0) is 14.5. The normalized spacial score (nSPS) is 17.6. The Morgan fingerprint density at radius 1 is 1.35 bits per heavy atom. The summed E-state index contributed by atoms with van der Waals surface area (Å²) in [4.78, 5) is 5.31. The molecule has 1 aliphatic rings. The minimum absolute atomic E-state index is 0.494. The van der Waals surface area contributed by atoms with E-state index in [1.807, 2.05) is 12.1 Å². The van der Waals surface area contributed by atoms with E-state index >= 15 is 0 Å². The summed E-state index contributed by atoms with van der Waals surface area (Å²) in [6.45, 7) is 4.52. The quantitative estimate of drug-likeness (QED) is 0.842. The molecule has 4 heteroatoms. The van der Waals surface area contributed by atoms with Gasteiger partial charge in [-0.1, -0.05) is 36.5 Å². The maximum absolute atomic E-state index is 5.80. The van der Waals surface area contributed by atoms with Crippen molar-refractivity contribution >= 4 is 17.2 Å². The van der Waals surface area contributed by atoms with Gasteiger partial charge >= 0.3 is 0 Å². The third-order valence-electron chi connectivity index (χ3n) is 4.13. The number of nitrogens with zero attached hydrogens (tertiary/aromatic N) is 2. The molecule has 0 unspecified atom stereocenters. The summed E-state index contributed by atoms with van der Waals surface area (Å²) in [5.41, 5.74) is 8.04. The topological polar surface area (TPSA) is 32.5 Å². The van der Waals surface area contributed by atoms with Crippen molar-refractivity contribution in [2.45, 2.75) is 19.4 Å². The van der Waals surface area contributed by atoms with E-state index in [4.69, 9.17) is 18.0 Å². The lowest BCUT2D eigenvalue weighted by Gasteiger charge is -2.31. The summed E-state index contributed by atoms with van der Waals surface area (Å²) in [7, 11) is 4.40. The largest absolute Gasteiger partial charge is 0.389 e. The fraction of sp³-hybridized carbons (Fsp3) is 0.562. The van der Waals surface area contributed by atoms with Crippen molar-refractivity contribution in [1.82, 2.24) is 9.80 Å². The Bertz CT molecular complexity index is 453. The Morgan fingerprint density at radius 2 is 2.00 bits per heavy atom. The van der Waals surface area contributed by atoms with Gasteiger partial charge in [0.05, 0.1) is 0 Å². The van der Waals surface area contributed by atoms with Crippen LogP contribution in [0.25, 0.3) is 0 Å². The first-order valence-corrected chi connectivity index (χ1v) is 7.72. The van der Waals surface area contributed by atoms with Gasteiger partial charge in [0, 0.05) is 18.7 Å². The molecule has 20 heavy (non-hydrogen) atoms. The molecule has 0 spiro atoms. The van der Waals surface area contributed by atoms with Gasteiger partial charge in [-0.15, -0.1) is 0 Å². The van der Waals surface area contributed by atoms with Crippen LogP contribution >= 0.6 is 12.2 Å². The monoisotopic (exact) mass is 291 g/mol. The average molecular weight is 291 g/mol. The molecule has 0 aromatic heterocycles. The molecule has 3 nitrogen and oxygen atoms in total. The zero-order valence-electron chi connectivity index (χ0n) is 12.5. The Labute approximate surface area is 127 Å². The molecule has 1 aromatic rings. The summed E-state index contributed by atoms with van der Waals surface area (Å²) in [6, 6.07) is 8.19. The lowest BCUT2D eigenvalue weighted by molar-refractivity contribution is 0.173. The van der Waals surface area contributed by atoms with E-state index in [2.05, 4.69) is 36.0 Å². The van der Waals surface area contributed by atoms with E-state index in [0.717, 1.165) is 24.6 Å². The molecule has 110 valence electrons. The SMILES string of the molecule is CN1CCC(CN(C)Cc2ccccc2C(N)=S)CC1. The van der Waals surface area contributed by atoms with E-state index in [0.29, 0.717) is 4.99 Å². The lowest BCUT2D eigenvalue weighted by Crippen LogP contribution is -2.35. The molecule has 2 N–H and O–H groups in total. The predicted octanol–water partition coefficient (Wildman–Crippen LogP) is 2.09. The number of thiocarbonyl (C=S) groups is 1. The Balaban J connectivity index is 1.91. The Morgan fingerprint density at radius 3 is 2.65 bits per heavy atom. The van der Waals surface area contributed by atoms with Gasteiger partial charge < -0.3 is 15.5 Å². The van der Waals surface area contributed by atoms with Gasteiger partial charge in [-0.2, -0.15) is 0 Å². The van der Waals surface area contributed by atoms with Crippen molar-refractivity contribution in [3.8, 4) is 0 Å². The number of likely N-dealkylation sites (tertiary alicyclic amines) is 1. The molecule has 0 bridgehead atoms. The lowest BCUT2D eigenvalue weighted by atomic mass is 9.96. The van der Waals surface area contributed by atoms with E-state index in [-0.39, 0.29) is 0 Å². The molecule has 1 heterocycles. The van der Waals surface area contributed by atoms with Gasteiger partial charge in [0.25, 0.3) is 0 Å². The Kier molecular flexibility index (Phi) is 5.52. The minimum atomic E-state index is 0.494. The summed E-state index contributed by atoms with van der Waals surface area (Å²) in [5.74, 6) is 0.813. The van der Waals surface area contributed by atoms with Crippen molar-refractivity contribution in [2.75, 3.05) is 33.7 Å². The van der Waals surface area contributed by atoms with Crippen LogP contribution in [-0.2, 0) is 6.54 Å². The number of hydrogen-bond donors (Lipinski definition) is 1. The minimum Gasteiger partial charge on any atom is -0.389 e. The third kappa shape index (κ3) is 4.27. The molecule has 1 aromatic carbocycles. The molecule has 1 aliphatic heterocycles. The molecule has 1 fully saturated rings. The predicted molar refractivity (Wildman–Crippen MR) is 88.9 cm³/mol. The zero-order valence-corrected chi connectivity index (χ0v) is 13.3. The number of nitrogens with two attached hydrogens (primary N) is 1. The first-order valence-electron chi connectivity index (χ1n) is 7.31. The van der Waals surface area contributed by atoms with Crippen LogP contribution in [0.2, 0.25) is 0 Å². The number of rotatable bonds is 5. The smallest absolute Gasteiger partial charge is 0.104 e. The van der Waals surface area contributed by atoms with Crippen molar-refractivity contribution in [3.05, 3.63) is 35.4 Å². The van der Waals surface area contributed by atoms with E-state index in [1.165, 1.54) is 31.5 Å². The number of benzene rings is 1. The second-order valence-corrected chi connectivity index (χ2v) is 6.40. The molecule has 0 saturated carbocycles. The van der Waals surface area contributed by atoms with Gasteiger partial charge in [0.1, 0.15) is 4.99 Å². The van der Waals surface area contributed by atoms with Crippen LogP contribution < -0.4 is 5.73 Å². The fourth-order valence-corrected chi connectivity index (χ4v) is 3.14. The van der Waals surface area contributed by atoms with Crippen LogP contribution in [0.3, 0.4) is 0 Å². The first-order chi connectivity index (χ1) is 9.56. The van der Waals surface area contributed by atoms with E-state index in [1.54, 1.807) is 0 Å². The number of piperidine rings is 1.